The van der Waals surface area contributed by atoms with Crippen LogP contribution in [-0.4, -0.2) is 60.5 Å². The highest BCUT2D eigenvalue weighted by Crippen LogP contribution is 2.34. The molecule has 1 aromatic heterocycles. The minimum absolute atomic E-state index is 0.0539. The summed E-state index contributed by atoms with van der Waals surface area (Å²) in [6.45, 7) is 11.0. The lowest BCUT2D eigenvalue weighted by Crippen LogP contribution is -2.49. The Morgan fingerprint density at radius 2 is 1.74 bits per heavy atom. The Hall–Kier alpha value is -1.71. The number of anilines is 1. The number of rotatable bonds is 5. The van der Waals surface area contributed by atoms with Gasteiger partial charge in [0.1, 0.15) is 9.88 Å². The lowest BCUT2D eigenvalue weighted by Gasteiger charge is -2.36. The summed E-state index contributed by atoms with van der Waals surface area (Å²) in [4.78, 5) is 27.1. The fourth-order valence-corrected chi connectivity index (χ4v) is 4.37. The molecule has 1 saturated heterocycles. The van der Waals surface area contributed by atoms with Gasteiger partial charge in [0.2, 0.25) is 0 Å². The van der Waals surface area contributed by atoms with Crippen LogP contribution in [0.4, 0.5) is 5.00 Å². The van der Waals surface area contributed by atoms with Crippen molar-refractivity contribution in [1.29, 1.82) is 0 Å². The molecule has 7 nitrogen and oxygen atoms in total. The van der Waals surface area contributed by atoms with Crippen molar-refractivity contribution in [2.75, 3.05) is 31.6 Å². The molecule has 150 valence electrons. The minimum atomic E-state index is -0.490. The molecule has 0 aliphatic carbocycles. The highest BCUT2D eigenvalue weighted by molar-refractivity contribution is 7.80. The zero-order valence-corrected chi connectivity index (χ0v) is 17.9. The van der Waals surface area contributed by atoms with E-state index in [0.717, 1.165) is 11.3 Å². The molecule has 1 aliphatic rings. The summed E-state index contributed by atoms with van der Waals surface area (Å²) in [5.41, 5.74) is 0.854. The standard InChI is InChI=1S/C18H26N2O5S2/c1-6-23-16(21)13-12(5)14(17(22)24-7-2)27-15(13)19-18(26)20-8-10(3)25-11(4)9-20/h10-11H,6-9H2,1-5H3,(H,19,26)/t10-,11-/m0/s1. The van der Waals surface area contributed by atoms with Crippen LogP contribution in [0.3, 0.4) is 0 Å². The maximum absolute atomic E-state index is 12.5. The summed E-state index contributed by atoms with van der Waals surface area (Å²) in [5.74, 6) is -0.950. The van der Waals surface area contributed by atoms with E-state index in [4.69, 9.17) is 26.4 Å². The van der Waals surface area contributed by atoms with Gasteiger partial charge in [-0.25, -0.2) is 9.59 Å². The molecule has 0 saturated carbocycles. The number of thiocarbonyl (C=S) groups is 1. The fraction of sp³-hybridized carbons (Fsp3) is 0.611. The Kier molecular flexibility index (Phi) is 7.58. The second-order valence-corrected chi connectivity index (χ2v) is 7.70. The molecule has 0 aromatic carbocycles. The van der Waals surface area contributed by atoms with Crippen molar-refractivity contribution in [3.8, 4) is 0 Å². The molecule has 27 heavy (non-hydrogen) atoms. The highest BCUT2D eigenvalue weighted by Gasteiger charge is 2.29. The van der Waals surface area contributed by atoms with Gasteiger partial charge in [0.15, 0.2) is 5.11 Å². The van der Waals surface area contributed by atoms with Gasteiger partial charge in [0.25, 0.3) is 0 Å². The molecule has 0 bridgehead atoms. The number of carbonyl (C=O) groups excluding carboxylic acids is 2. The molecule has 1 fully saturated rings. The van der Waals surface area contributed by atoms with Gasteiger partial charge in [0.05, 0.1) is 31.0 Å². The van der Waals surface area contributed by atoms with E-state index in [1.54, 1.807) is 20.8 Å². The summed E-state index contributed by atoms with van der Waals surface area (Å²) >= 11 is 6.69. The molecule has 0 radical (unpaired) electrons. The van der Waals surface area contributed by atoms with Crippen molar-refractivity contribution >= 4 is 45.6 Å². The average Bonchev–Trinajstić information content (AvgIpc) is 2.90. The number of esters is 2. The van der Waals surface area contributed by atoms with Crippen molar-refractivity contribution < 1.29 is 23.8 Å². The molecule has 2 rings (SSSR count). The third-order valence-corrected chi connectivity index (χ3v) is 5.56. The highest BCUT2D eigenvalue weighted by atomic mass is 32.1. The van der Waals surface area contributed by atoms with Gasteiger partial charge in [-0.1, -0.05) is 0 Å². The second kappa shape index (κ2) is 9.48. The zero-order valence-electron chi connectivity index (χ0n) is 16.3. The molecule has 2 atom stereocenters. The van der Waals surface area contributed by atoms with Crippen LogP contribution in [0.1, 0.15) is 53.3 Å². The van der Waals surface area contributed by atoms with E-state index >= 15 is 0 Å². The number of nitrogens with zero attached hydrogens (tertiary/aromatic N) is 1. The number of carbonyl (C=O) groups is 2. The first-order chi connectivity index (χ1) is 12.8. The van der Waals surface area contributed by atoms with Gasteiger partial charge in [-0.2, -0.15) is 0 Å². The Labute approximate surface area is 169 Å². The molecular weight excluding hydrogens is 388 g/mol. The molecule has 0 unspecified atom stereocenters. The number of nitrogens with one attached hydrogen (secondary N) is 1. The quantitative estimate of drug-likeness (QED) is 0.581. The molecule has 1 aliphatic heterocycles. The molecule has 0 spiro atoms. The SMILES string of the molecule is CCOC(=O)c1sc(NC(=S)N2C[C@H](C)O[C@@H](C)C2)c(C(=O)OCC)c1C. The van der Waals surface area contributed by atoms with Gasteiger partial charge >= 0.3 is 11.9 Å². The van der Waals surface area contributed by atoms with E-state index in [9.17, 15) is 9.59 Å². The van der Waals surface area contributed by atoms with Gasteiger partial charge in [-0.05, 0) is 52.4 Å². The second-order valence-electron chi connectivity index (χ2n) is 6.29. The monoisotopic (exact) mass is 414 g/mol. The first-order valence-corrected chi connectivity index (χ1v) is 10.2. The first-order valence-electron chi connectivity index (χ1n) is 8.97. The van der Waals surface area contributed by atoms with Crippen molar-refractivity contribution in [1.82, 2.24) is 4.90 Å². The van der Waals surface area contributed by atoms with Gasteiger partial charge < -0.3 is 24.4 Å². The largest absolute Gasteiger partial charge is 0.462 e. The Balaban J connectivity index is 2.30. The lowest BCUT2D eigenvalue weighted by atomic mass is 10.1. The minimum Gasteiger partial charge on any atom is -0.462 e. The van der Waals surface area contributed by atoms with Crippen LogP contribution >= 0.6 is 23.6 Å². The van der Waals surface area contributed by atoms with E-state index in [1.807, 2.05) is 18.7 Å². The van der Waals surface area contributed by atoms with Crippen LogP contribution in [0.2, 0.25) is 0 Å². The van der Waals surface area contributed by atoms with E-state index in [1.165, 1.54) is 0 Å². The van der Waals surface area contributed by atoms with E-state index in [2.05, 4.69) is 5.32 Å². The first kappa shape index (κ1) is 21.6. The van der Waals surface area contributed by atoms with Crippen molar-refractivity contribution in [2.24, 2.45) is 0 Å². The zero-order chi connectivity index (χ0) is 20.1. The molecule has 0 amide bonds. The Morgan fingerprint density at radius 3 is 2.30 bits per heavy atom. The third kappa shape index (κ3) is 5.18. The number of hydrogen-bond acceptors (Lipinski definition) is 7. The van der Waals surface area contributed by atoms with Crippen molar-refractivity contribution in [3.05, 3.63) is 16.0 Å². The van der Waals surface area contributed by atoms with Crippen LogP contribution in [0.25, 0.3) is 0 Å². The molecule has 9 heteroatoms. The maximum Gasteiger partial charge on any atom is 0.348 e. The van der Waals surface area contributed by atoms with E-state index in [0.29, 0.717) is 39.2 Å². The topological polar surface area (TPSA) is 77.1 Å². The number of morpholine rings is 1. The van der Waals surface area contributed by atoms with Gasteiger partial charge in [-0.15, -0.1) is 11.3 Å². The van der Waals surface area contributed by atoms with Crippen molar-refractivity contribution in [2.45, 2.75) is 46.8 Å². The Morgan fingerprint density at radius 1 is 1.19 bits per heavy atom. The summed E-state index contributed by atoms with van der Waals surface area (Å²) < 4.78 is 16.0. The van der Waals surface area contributed by atoms with Crippen LogP contribution < -0.4 is 5.32 Å². The molecule has 1 aromatic rings. The van der Waals surface area contributed by atoms with Crippen LogP contribution in [0, 0.1) is 6.92 Å². The normalized spacial score (nSPS) is 19.5. The van der Waals surface area contributed by atoms with Gasteiger partial charge in [-0.3, -0.25) is 0 Å². The smallest absolute Gasteiger partial charge is 0.348 e. The number of hydrogen-bond donors (Lipinski definition) is 1. The summed E-state index contributed by atoms with van der Waals surface area (Å²) in [6, 6.07) is 0. The summed E-state index contributed by atoms with van der Waals surface area (Å²) in [6.07, 6.45) is 0.108. The third-order valence-electron chi connectivity index (χ3n) is 4.01. The number of ether oxygens (including phenoxy) is 3. The maximum atomic E-state index is 12.5. The number of thiophene rings is 1. The van der Waals surface area contributed by atoms with Gasteiger partial charge in [0, 0.05) is 13.1 Å². The predicted molar refractivity (Wildman–Crippen MR) is 109 cm³/mol. The van der Waals surface area contributed by atoms with Crippen LogP contribution in [0.5, 0.6) is 0 Å². The molecule has 2 heterocycles. The van der Waals surface area contributed by atoms with E-state index < -0.39 is 11.9 Å². The summed E-state index contributed by atoms with van der Waals surface area (Å²) in [5, 5.41) is 4.11. The average molecular weight is 415 g/mol. The lowest BCUT2D eigenvalue weighted by molar-refractivity contribution is -0.0473. The Bertz CT molecular complexity index is 709. The predicted octanol–water partition coefficient (Wildman–Crippen LogP) is 3.22. The molecule has 1 N–H and O–H groups in total. The summed E-state index contributed by atoms with van der Waals surface area (Å²) in [7, 11) is 0. The molecular formula is C18H26N2O5S2. The van der Waals surface area contributed by atoms with Crippen LogP contribution in [-0.2, 0) is 14.2 Å². The van der Waals surface area contributed by atoms with Crippen LogP contribution in [0.15, 0.2) is 0 Å². The van der Waals surface area contributed by atoms with Crippen molar-refractivity contribution in [3.63, 3.8) is 0 Å². The van der Waals surface area contributed by atoms with E-state index in [-0.39, 0.29) is 25.4 Å². The fourth-order valence-electron chi connectivity index (χ4n) is 2.96.